The van der Waals surface area contributed by atoms with E-state index in [1.165, 1.54) is 12.8 Å². The van der Waals surface area contributed by atoms with Crippen LogP contribution in [-0.2, 0) is 0 Å². The van der Waals surface area contributed by atoms with Gasteiger partial charge in [-0.05, 0) is 43.2 Å². The molecular weight excluding hydrogens is 162 g/mol. The van der Waals surface area contributed by atoms with E-state index in [-0.39, 0.29) is 0 Å². The molecule has 3 heteroatoms. The van der Waals surface area contributed by atoms with Gasteiger partial charge in [-0.1, -0.05) is 0 Å². The molecule has 0 aliphatic heterocycles. The third kappa shape index (κ3) is 5.45. The van der Waals surface area contributed by atoms with Crippen LogP contribution in [0.4, 0.5) is 0 Å². The second-order valence-corrected chi connectivity index (χ2v) is 3.36. The van der Waals surface area contributed by atoms with Crippen molar-refractivity contribution in [1.29, 1.82) is 0 Å². The molecule has 0 fully saturated rings. The van der Waals surface area contributed by atoms with Gasteiger partial charge in [0.15, 0.2) is 0 Å². The highest BCUT2D eigenvalue weighted by Crippen LogP contribution is 2.13. The molecule has 0 aromatic rings. The average molecular weight is 179 g/mol. The fourth-order valence-electron chi connectivity index (χ4n) is 1.03. The zero-order valence-corrected chi connectivity index (χ0v) is 8.08. The van der Waals surface area contributed by atoms with Crippen molar-refractivity contribution in [2.75, 3.05) is 18.1 Å². The third-order valence-electron chi connectivity index (χ3n) is 1.65. The zero-order valence-electron chi connectivity index (χ0n) is 6.29. The lowest BCUT2D eigenvalue weighted by molar-refractivity contribution is 0.470. The van der Waals surface area contributed by atoms with Gasteiger partial charge in [0.1, 0.15) is 0 Å². The van der Waals surface area contributed by atoms with Crippen LogP contribution in [0, 0.1) is 5.92 Å². The third-order valence-corrected chi connectivity index (χ3v) is 2.17. The van der Waals surface area contributed by atoms with Gasteiger partial charge >= 0.3 is 0 Å². The van der Waals surface area contributed by atoms with Gasteiger partial charge in [0.05, 0.1) is 0 Å². The van der Waals surface area contributed by atoms with E-state index in [0.29, 0.717) is 0 Å². The van der Waals surface area contributed by atoms with E-state index in [1.54, 1.807) is 0 Å². The summed E-state index contributed by atoms with van der Waals surface area (Å²) in [5.74, 6) is 2.69. The molecule has 0 amide bonds. The Morgan fingerprint density at radius 2 is 1.50 bits per heavy atom. The summed E-state index contributed by atoms with van der Waals surface area (Å²) in [4.78, 5) is 0. The molecule has 0 aliphatic carbocycles. The molecule has 0 bridgehead atoms. The molecule has 2 N–H and O–H groups in total. The van der Waals surface area contributed by atoms with Gasteiger partial charge in [-0.25, -0.2) is 0 Å². The van der Waals surface area contributed by atoms with E-state index in [9.17, 15) is 0 Å². The molecule has 0 aliphatic rings. The normalized spacial score (nSPS) is 10.8. The standard InChI is InChI=1S/C7H17NS2/c8-4-1-7(2-5-9)3-6-10/h7,9-10H,1-6,8H2. The number of hydrogen-bond acceptors (Lipinski definition) is 3. The van der Waals surface area contributed by atoms with Gasteiger partial charge in [-0.3, -0.25) is 0 Å². The lowest BCUT2D eigenvalue weighted by Crippen LogP contribution is -2.09. The Balaban J connectivity index is 3.30. The van der Waals surface area contributed by atoms with Gasteiger partial charge in [0.2, 0.25) is 0 Å². The highest BCUT2D eigenvalue weighted by Gasteiger charge is 2.04. The first-order chi connectivity index (χ1) is 4.85. The van der Waals surface area contributed by atoms with Crippen LogP contribution >= 0.6 is 25.3 Å². The molecule has 0 saturated carbocycles. The maximum Gasteiger partial charge on any atom is -0.00746 e. The minimum Gasteiger partial charge on any atom is -0.330 e. The second-order valence-electron chi connectivity index (χ2n) is 2.47. The first-order valence-electron chi connectivity index (χ1n) is 3.77. The minimum atomic E-state index is 0.750. The Hall–Kier alpha value is 0.660. The Morgan fingerprint density at radius 1 is 1.00 bits per heavy atom. The topological polar surface area (TPSA) is 26.0 Å². The Kier molecular flexibility index (Phi) is 8.28. The molecular formula is C7H17NS2. The molecule has 0 spiro atoms. The van der Waals surface area contributed by atoms with Crippen molar-refractivity contribution in [2.45, 2.75) is 19.3 Å². The van der Waals surface area contributed by atoms with Gasteiger partial charge in [0, 0.05) is 0 Å². The van der Waals surface area contributed by atoms with Crippen molar-refractivity contribution in [2.24, 2.45) is 11.7 Å². The highest BCUT2D eigenvalue weighted by molar-refractivity contribution is 7.80. The van der Waals surface area contributed by atoms with Crippen LogP contribution < -0.4 is 5.73 Å². The fraction of sp³-hybridized carbons (Fsp3) is 1.00. The van der Waals surface area contributed by atoms with Gasteiger partial charge in [0.25, 0.3) is 0 Å². The fourth-order valence-corrected chi connectivity index (χ4v) is 1.76. The lowest BCUT2D eigenvalue weighted by Gasteiger charge is -2.12. The summed E-state index contributed by atoms with van der Waals surface area (Å²) in [6.07, 6.45) is 3.49. The first kappa shape index (κ1) is 10.7. The Morgan fingerprint density at radius 3 is 1.80 bits per heavy atom. The van der Waals surface area contributed by atoms with Crippen LogP contribution in [0.3, 0.4) is 0 Å². The van der Waals surface area contributed by atoms with Crippen LogP contribution in [0.15, 0.2) is 0 Å². The van der Waals surface area contributed by atoms with Crippen LogP contribution in [0.1, 0.15) is 19.3 Å². The van der Waals surface area contributed by atoms with Crippen LogP contribution in [-0.4, -0.2) is 18.1 Å². The zero-order chi connectivity index (χ0) is 7.82. The Bertz CT molecular complexity index is 54.4. The van der Waals surface area contributed by atoms with E-state index in [2.05, 4.69) is 25.3 Å². The molecule has 62 valence electrons. The predicted octanol–water partition coefficient (Wildman–Crippen LogP) is 1.59. The van der Waals surface area contributed by atoms with E-state index in [0.717, 1.165) is 30.4 Å². The van der Waals surface area contributed by atoms with Gasteiger partial charge in [-0.2, -0.15) is 25.3 Å². The van der Waals surface area contributed by atoms with Crippen LogP contribution in [0.5, 0.6) is 0 Å². The summed E-state index contributed by atoms with van der Waals surface area (Å²) in [5.41, 5.74) is 5.44. The predicted molar refractivity (Wildman–Crippen MR) is 54.1 cm³/mol. The first-order valence-corrected chi connectivity index (χ1v) is 5.03. The Labute approximate surface area is 74.6 Å². The molecule has 0 radical (unpaired) electrons. The summed E-state index contributed by atoms with van der Waals surface area (Å²) in [7, 11) is 0. The molecule has 0 unspecified atom stereocenters. The maximum atomic E-state index is 5.44. The largest absolute Gasteiger partial charge is 0.330 e. The van der Waals surface area contributed by atoms with Crippen molar-refractivity contribution in [3.05, 3.63) is 0 Å². The highest BCUT2D eigenvalue weighted by atomic mass is 32.1. The lowest BCUT2D eigenvalue weighted by atomic mass is 10.00. The van der Waals surface area contributed by atoms with E-state index in [4.69, 9.17) is 5.73 Å². The number of rotatable bonds is 6. The van der Waals surface area contributed by atoms with Crippen molar-refractivity contribution in [1.82, 2.24) is 0 Å². The molecule has 10 heavy (non-hydrogen) atoms. The van der Waals surface area contributed by atoms with Crippen molar-refractivity contribution in [3.8, 4) is 0 Å². The molecule has 0 atom stereocenters. The molecule has 0 aromatic heterocycles. The quantitative estimate of drug-likeness (QED) is 0.531. The van der Waals surface area contributed by atoms with Crippen LogP contribution in [0.2, 0.25) is 0 Å². The van der Waals surface area contributed by atoms with E-state index >= 15 is 0 Å². The molecule has 0 rings (SSSR count). The van der Waals surface area contributed by atoms with Gasteiger partial charge in [-0.15, -0.1) is 0 Å². The van der Waals surface area contributed by atoms with E-state index < -0.39 is 0 Å². The summed E-state index contributed by atoms with van der Waals surface area (Å²) < 4.78 is 0. The van der Waals surface area contributed by atoms with Gasteiger partial charge < -0.3 is 5.73 Å². The minimum absolute atomic E-state index is 0.750. The molecule has 0 heterocycles. The number of nitrogens with two attached hydrogens (primary N) is 1. The molecule has 0 saturated heterocycles. The number of hydrogen-bond donors (Lipinski definition) is 3. The number of thiol groups is 2. The molecule has 0 aromatic carbocycles. The monoisotopic (exact) mass is 179 g/mol. The molecule has 1 nitrogen and oxygen atoms in total. The summed E-state index contributed by atoms with van der Waals surface area (Å²) >= 11 is 8.36. The SMILES string of the molecule is NCCC(CCS)CCS. The second kappa shape index (κ2) is 7.76. The summed E-state index contributed by atoms with van der Waals surface area (Å²) in [6, 6.07) is 0. The van der Waals surface area contributed by atoms with E-state index in [1.807, 2.05) is 0 Å². The van der Waals surface area contributed by atoms with Crippen molar-refractivity contribution < 1.29 is 0 Å². The van der Waals surface area contributed by atoms with Crippen LogP contribution in [0.25, 0.3) is 0 Å². The summed E-state index contributed by atoms with van der Waals surface area (Å²) in [5, 5.41) is 0. The van der Waals surface area contributed by atoms with Crippen molar-refractivity contribution >= 4 is 25.3 Å². The smallest absolute Gasteiger partial charge is 0.00746 e. The van der Waals surface area contributed by atoms with Crippen molar-refractivity contribution in [3.63, 3.8) is 0 Å². The summed E-state index contributed by atoms with van der Waals surface area (Å²) in [6.45, 7) is 0.798. The maximum absolute atomic E-state index is 5.44. The average Bonchev–Trinajstić information content (AvgIpc) is 1.90.